The van der Waals surface area contributed by atoms with Gasteiger partial charge in [-0.15, -0.1) is 6.58 Å². The van der Waals surface area contributed by atoms with E-state index in [-0.39, 0.29) is 12.1 Å². The first-order valence-corrected chi connectivity index (χ1v) is 6.45. The van der Waals surface area contributed by atoms with Crippen molar-refractivity contribution < 1.29 is 5.11 Å². The highest BCUT2D eigenvalue weighted by Gasteiger charge is 2.33. The summed E-state index contributed by atoms with van der Waals surface area (Å²) in [7, 11) is 0. The molecule has 94 valence electrons. The minimum Gasteiger partial charge on any atom is -0.395 e. The summed E-state index contributed by atoms with van der Waals surface area (Å²) in [4.78, 5) is 2.29. The zero-order chi connectivity index (χ0) is 11.9. The van der Waals surface area contributed by atoms with Crippen molar-refractivity contribution in [3.63, 3.8) is 0 Å². The van der Waals surface area contributed by atoms with Gasteiger partial charge in [0.1, 0.15) is 0 Å². The number of rotatable bonds is 8. The predicted molar refractivity (Wildman–Crippen MR) is 68.6 cm³/mol. The van der Waals surface area contributed by atoms with Crippen LogP contribution in [0.3, 0.4) is 0 Å². The lowest BCUT2D eigenvalue weighted by atomic mass is 9.91. The Labute approximate surface area is 99.5 Å². The standard InChI is InChI=1S/C13H26N2O/c1-3-6-13(7-5-8-14-13)12-15(9-4-2)10-11-16/h4,14,16H,2-3,5-12H2,1H3. The zero-order valence-corrected chi connectivity index (χ0v) is 10.5. The van der Waals surface area contributed by atoms with Crippen LogP contribution in [-0.2, 0) is 0 Å². The van der Waals surface area contributed by atoms with Crippen LogP contribution in [0, 0.1) is 0 Å². The van der Waals surface area contributed by atoms with E-state index >= 15 is 0 Å². The van der Waals surface area contributed by atoms with Crippen LogP contribution >= 0.6 is 0 Å². The quantitative estimate of drug-likeness (QED) is 0.614. The Hall–Kier alpha value is -0.380. The van der Waals surface area contributed by atoms with E-state index in [0.717, 1.165) is 26.2 Å². The van der Waals surface area contributed by atoms with Crippen molar-refractivity contribution in [2.75, 3.05) is 32.8 Å². The summed E-state index contributed by atoms with van der Waals surface area (Å²) < 4.78 is 0. The van der Waals surface area contributed by atoms with E-state index in [1.165, 1.54) is 25.7 Å². The second-order valence-corrected chi connectivity index (χ2v) is 4.81. The molecule has 1 aliphatic rings. The van der Waals surface area contributed by atoms with Gasteiger partial charge < -0.3 is 10.4 Å². The Kier molecular flexibility index (Phi) is 6.03. The van der Waals surface area contributed by atoms with Crippen molar-refractivity contribution in [2.24, 2.45) is 0 Å². The number of hydrogen-bond acceptors (Lipinski definition) is 3. The molecular formula is C13H26N2O. The molecule has 1 heterocycles. The monoisotopic (exact) mass is 226 g/mol. The molecule has 1 aliphatic heterocycles. The SMILES string of the molecule is C=CCN(CCO)CC1(CCC)CCCN1. The van der Waals surface area contributed by atoms with Crippen molar-refractivity contribution in [2.45, 2.75) is 38.1 Å². The highest BCUT2D eigenvalue weighted by atomic mass is 16.3. The van der Waals surface area contributed by atoms with E-state index in [9.17, 15) is 0 Å². The van der Waals surface area contributed by atoms with E-state index in [2.05, 4.69) is 23.7 Å². The fourth-order valence-corrected chi connectivity index (χ4v) is 2.76. The highest BCUT2D eigenvalue weighted by Crippen LogP contribution is 2.25. The number of aliphatic hydroxyl groups is 1. The minimum absolute atomic E-state index is 0.232. The van der Waals surface area contributed by atoms with E-state index in [4.69, 9.17) is 5.11 Å². The van der Waals surface area contributed by atoms with Crippen molar-refractivity contribution in [1.29, 1.82) is 0 Å². The van der Waals surface area contributed by atoms with Crippen molar-refractivity contribution in [3.05, 3.63) is 12.7 Å². The number of nitrogens with one attached hydrogen (secondary N) is 1. The summed E-state index contributed by atoms with van der Waals surface area (Å²) in [5.74, 6) is 0. The van der Waals surface area contributed by atoms with Gasteiger partial charge in [0.05, 0.1) is 6.61 Å². The lowest BCUT2D eigenvalue weighted by molar-refractivity contribution is 0.160. The van der Waals surface area contributed by atoms with Crippen molar-refractivity contribution in [1.82, 2.24) is 10.2 Å². The summed E-state index contributed by atoms with van der Waals surface area (Å²) in [6.07, 6.45) is 6.91. The first-order chi connectivity index (χ1) is 7.76. The molecule has 0 bridgehead atoms. The van der Waals surface area contributed by atoms with Crippen molar-refractivity contribution >= 4 is 0 Å². The smallest absolute Gasteiger partial charge is 0.0558 e. The molecule has 0 spiro atoms. The van der Waals surface area contributed by atoms with Gasteiger partial charge in [0.15, 0.2) is 0 Å². The van der Waals surface area contributed by atoms with Crippen LogP contribution in [-0.4, -0.2) is 48.3 Å². The van der Waals surface area contributed by atoms with E-state index in [1.807, 2.05) is 6.08 Å². The summed E-state index contributed by atoms with van der Waals surface area (Å²) in [5.41, 5.74) is 0.285. The van der Waals surface area contributed by atoms with Crippen LogP contribution in [0.1, 0.15) is 32.6 Å². The van der Waals surface area contributed by atoms with Crippen LogP contribution < -0.4 is 5.32 Å². The first-order valence-electron chi connectivity index (χ1n) is 6.45. The van der Waals surface area contributed by atoms with Gasteiger partial charge in [0, 0.05) is 25.2 Å². The van der Waals surface area contributed by atoms with Gasteiger partial charge >= 0.3 is 0 Å². The van der Waals surface area contributed by atoms with E-state index in [0.29, 0.717) is 0 Å². The summed E-state index contributed by atoms with van der Waals surface area (Å²) in [5, 5.41) is 12.7. The Morgan fingerprint density at radius 1 is 1.56 bits per heavy atom. The molecule has 0 aromatic heterocycles. The molecule has 0 aromatic carbocycles. The molecule has 2 N–H and O–H groups in total. The Balaban J connectivity index is 2.53. The number of nitrogens with zero attached hydrogens (tertiary/aromatic N) is 1. The number of aliphatic hydroxyl groups excluding tert-OH is 1. The molecule has 0 radical (unpaired) electrons. The lowest BCUT2D eigenvalue weighted by Crippen LogP contribution is -2.50. The predicted octanol–water partition coefficient (Wildman–Crippen LogP) is 1.39. The normalized spacial score (nSPS) is 25.2. The fraction of sp³-hybridized carbons (Fsp3) is 0.846. The lowest BCUT2D eigenvalue weighted by Gasteiger charge is -2.35. The molecule has 1 fully saturated rings. The second kappa shape index (κ2) is 7.05. The molecule has 1 rings (SSSR count). The third-order valence-corrected chi connectivity index (χ3v) is 3.39. The van der Waals surface area contributed by atoms with Gasteiger partial charge in [-0.25, -0.2) is 0 Å². The fourth-order valence-electron chi connectivity index (χ4n) is 2.76. The van der Waals surface area contributed by atoms with Crippen LogP contribution in [0.15, 0.2) is 12.7 Å². The van der Waals surface area contributed by atoms with E-state index in [1.54, 1.807) is 0 Å². The zero-order valence-electron chi connectivity index (χ0n) is 10.5. The molecule has 0 amide bonds. The maximum atomic E-state index is 9.05. The van der Waals surface area contributed by atoms with Gasteiger partial charge in [-0.1, -0.05) is 19.4 Å². The molecule has 1 atom stereocenters. The van der Waals surface area contributed by atoms with Gasteiger partial charge in [-0.05, 0) is 25.8 Å². The molecule has 16 heavy (non-hydrogen) atoms. The molecule has 0 aliphatic carbocycles. The first kappa shape index (κ1) is 13.7. The van der Waals surface area contributed by atoms with Gasteiger partial charge in [0.2, 0.25) is 0 Å². The Bertz CT molecular complexity index is 200. The largest absolute Gasteiger partial charge is 0.395 e. The van der Waals surface area contributed by atoms with Crippen LogP contribution in [0.25, 0.3) is 0 Å². The van der Waals surface area contributed by atoms with Crippen LogP contribution in [0.2, 0.25) is 0 Å². The Morgan fingerprint density at radius 2 is 2.38 bits per heavy atom. The molecule has 1 unspecified atom stereocenters. The van der Waals surface area contributed by atoms with E-state index < -0.39 is 0 Å². The van der Waals surface area contributed by atoms with Gasteiger partial charge in [0.25, 0.3) is 0 Å². The maximum absolute atomic E-state index is 9.05. The minimum atomic E-state index is 0.232. The van der Waals surface area contributed by atoms with Crippen LogP contribution in [0.5, 0.6) is 0 Å². The third kappa shape index (κ3) is 3.89. The second-order valence-electron chi connectivity index (χ2n) is 4.81. The highest BCUT2D eigenvalue weighted by molar-refractivity contribution is 4.96. The third-order valence-electron chi connectivity index (χ3n) is 3.39. The summed E-state index contributed by atoms with van der Waals surface area (Å²) in [6.45, 7) is 10.0. The van der Waals surface area contributed by atoms with Gasteiger partial charge in [-0.3, -0.25) is 4.90 Å². The molecule has 0 aromatic rings. The molecular weight excluding hydrogens is 200 g/mol. The molecule has 0 saturated carbocycles. The Morgan fingerprint density at radius 3 is 2.88 bits per heavy atom. The average molecular weight is 226 g/mol. The molecule has 3 nitrogen and oxygen atoms in total. The maximum Gasteiger partial charge on any atom is 0.0558 e. The van der Waals surface area contributed by atoms with Gasteiger partial charge in [-0.2, -0.15) is 0 Å². The number of hydrogen-bond donors (Lipinski definition) is 2. The topological polar surface area (TPSA) is 35.5 Å². The molecule has 1 saturated heterocycles. The molecule has 3 heteroatoms. The summed E-state index contributed by atoms with van der Waals surface area (Å²) >= 11 is 0. The van der Waals surface area contributed by atoms with Crippen molar-refractivity contribution in [3.8, 4) is 0 Å². The summed E-state index contributed by atoms with van der Waals surface area (Å²) in [6, 6.07) is 0. The van der Waals surface area contributed by atoms with Crippen LogP contribution in [0.4, 0.5) is 0 Å². The average Bonchev–Trinajstić information content (AvgIpc) is 2.68.